The van der Waals surface area contributed by atoms with Gasteiger partial charge in [0.1, 0.15) is 0 Å². The van der Waals surface area contributed by atoms with Gasteiger partial charge in [-0.15, -0.1) is 12.4 Å². The van der Waals surface area contributed by atoms with Gasteiger partial charge in [-0.1, -0.05) is 0 Å². The highest BCUT2D eigenvalue weighted by molar-refractivity contribution is 5.93. The van der Waals surface area contributed by atoms with Crippen molar-refractivity contribution in [1.29, 1.82) is 0 Å². The third kappa shape index (κ3) is 7.13. The maximum absolute atomic E-state index is 13.4. The van der Waals surface area contributed by atoms with Crippen LogP contribution in [0.25, 0.3) is 11.1 Å². The number of anilines is 1. The smallest absolute Gasteiger partial charge is 0.416 e. The second-order valence-electron chi connectivity index (χ2n) is 8.84. The van der Waals surface area contributed by atoms with Gasteiger partial charge in [-0.2, -0.15) is 26.3 Å². The Kier molecular flexibility index (Phi) is 9.58. The minimum Gasteiger partial charge on any atom is -0.504 e. The molecule has 0 radical (unpaired) electrons. The Morgan fingerprint density at radius 2 is 1.54 bits per heavy atom. The zero-order valence-corrected chi connectivity index (χ0v) is 21.2. The fourth-order valence-electron chi connectivity index (χ4n) is 4.11. The second-order valence-corrected chi connectivity index (χ2v) is 8.84. The fraction of sp³-hybridized carbons (Fsp3) is 0.458. The molecular formula is C24H28ClF6N3O3. The van der Waals surface area contributed by atoms with Gasteiger partial charge >= 0.3 is 18.4 Å². The first-order chi connectivity index (χ1) is 16.7. The van der Waals surface area contributed by atoms with Crippen LogP contribution in [0.4, 0.5) is 36.8 Å². The first-order valence-corrected chi connectivity index (χ1v) is 11.2. The third-order valence-electron chi connectivity index (χ3n) is 5.82. The molecule has 0 bridgehead atoms. The predicted molar refractivity (Wildman–Crippen MR) is 129 cm³/mol. The number of alkyl halides is 6. The summed E-state index contributed by atoms with van der Waals surface area (Å²) in [6, 6.07) is 1.76. The van der Waals surface area contributed by atoms with Crippen LogP contribution in [0.2, 0.25) is 0 Å². The molecule has 0 aliphatic carbocycles. The monoisotopic (exact) mass is 555 g/mol. The minimum absolute atomic E-state index is 0. The molecular weight excluding hydrogens is 528 g/mol. The molecule has 2 amide bonds. The molecule has 2 aromatic rings. The summed E-state index contributed by atoms with van der Waals surface area (Å²) in [7, 11) is 4.63. The van der Waals surface area contributed by atoms with E-state index in [1.165, 1.54) is 13.2 Å². The molecule has 2 N–H and O–H groups in total. The molecule has 1 fully saturated rings. The highest BCUT2D eigenvalue weighted by atomic mass is 35.5. The number of nitrogens with zero attached hydrogens (tertiary/aromatic N) is 2. The van der Waals surface area contributed by atoms with Crippen molar-refractivity contribution in [3.05, 3.63) is 41.0 Å². The van der Waals surface area contributed by atoms with Crippen LogP contribution in [0.3, 0.4) is 0 Å². The minimum atomic E-state index is -5.06. The van der Waals surface area contributed by atoms with Crippen LogP contribution in [-0.2, 0) is 18.9 Å². The van der Waals surface area contributed by atoms with Crippen molar-refractivity contribution in [2.75, 3.05) is 39.6 Å². The molecule has 1 saturated heterocycles. The number of hydrogen-bond acceptors (Lipinski definition) is 4. The molecule has 0 aromatic heterocycles. The van der Waals surface area contributed by atoms with E-state index in [-0.39, 0.29) is 42.0 Å². The van der Waals surface area contributed by atoms with Gasteiger partial charge < -0.3 is 25.0 Å². The van der Waals surface area contributed by atoms with E-state index in [0.29, 0.717) is 30.8 Å². The Morgan fingerprint density at radius 1 is 1.00 bits per heavy atom. The first kappa shape index (κ1) is 30.4. The Hall–Kier alpha value is -2.86. The average Bonchev–Trinajstić information content (AvgIpc) is 2.79. The van der Waals surface area contributed by atoms with Crippen molar-refractivity contribution in [1.82, 2.24) is 9.80 Å². The quantitative estimate of drug-likeness (QED) is 0.322. The number of methoxy groups -OCH3 is 1. The van der Waals surface area contributed by atoms with Crippen LogP contribution in [0.1, 0.15) is 36.0 Å². The molecule has 2 aromatic carbocycles. The van der Waals surface area contributed by atoms with Crippen LogP contribution in [0.5, 0.6) is 11.5 Å². The highest BCUT2D eigenvalue weighted by Gasteiger charge is 2.37. The summed E-state index contributed by atoms with van der Waals surface area (Å²) in [6.45, 7) is 1.18. The van der Waals surface area contributed by atoms with E-state index < -0.39 is 40.8 Å². The van der Waals surface area contributed by atoms with E-state index in [9.17, 15) is 36.2 Å². The third-order valence-corrected chi connectivity index (χ3v) is 5.82. The number of aromatic hydroxyl groups is 1. The van der Waals surface area contributed by atoms with E-state index >= 15 is 0 Å². The number of urea groups is 1. The first-order valence-electron chi connectivity index (χ1n) is 11.2. The number of carbonyl (C=O) groups is 1. The number of likely N-dealkylation sites (tertiary alicyclic amines) is 1. The SMILES string of the molecule is COc1c(O)c(-c2cc(C(F)(F)F)cc(C(F)(F)F)c2)cc(NC(=O)N2CCCCC2)c1CN(C)C.Cl. The van der Waals surface area contributed by atoms with Crippen LogP contribution in [-0.4, -0.2) is 55.2 Å². The van der Waals surface area contributed by atoms with Crippen LogP contribution >= 0.6 is 12.4 Å². The number of rotatable bonds is 5. The van der Waals surface area contributed by atoms with Gasteiger partial charge in [0, 0.05) is 30.8 Å². The van der Waals surface area contributed by atoms with Crippen LogP contribution in [0, 0.1) is 0 Å². The van der Waals surface area contributed by atoms with Gasteiger partial charge in [0.2, 0.25) is 0 Å². The molecule has 0 spiro atoms. The second kappa shape index (κ2) is 11.7. The van der Waals surface area contributed by atoms with Crippen molar-refractivity contribution >= 4 is 24.1 Å². The molecule has 1 aliphatic rings. The number of amides is 2. The predicted octanol–water partition coefficient (Wildman–Crippen LogP) is 6.61. The van der Waals surface area contributed by atoms with Crippen molar-refractivity contribution in [2.24, 2.45) is 0 Å². The number of ether oxygens (including phenoxy) is 1. The maximum atomic E-state index is 13.4. The van der Waals surface area contributed by atoms with Gasteiger partial charge in [-0.05, 0) is 63.2 Å². The van der Waals surface area contributed by atoms with Gasteiger partial charge in [-0.3, -0.25) is 0 Å². The number of nitrogens with one attached hydrogen (secondary N) is 1. The molecule has 0 unspecified atom stereocenters. The molecule has 206 valence electrons. The Bertz CT molecular complexity index is 1080. The van der Waals surface area contributed by atoms with Crippen LogP contribution < -0.4 is 10.1 Å². The summed E-state index contributed by atoms with van der Waals surface area (Å²) in [5.74, 6) is -0.807. The summed E-state index contributed by atoms with van der Waals surface area (Å²) in [5, 5.41) is 13.6. The number of phenols is 1. The average molecular weight is 556 g/mol. The highest BCUT2D eigenvalue weighted by Crippen LogP contribution is 2.46. The molecule has 3 rings (SSSR count). The molecule has 13 heteroatoms. The lowest BCUT2D eigenvalue weighted by Gasteiger charge is -2.28. The molecule has 1 heterocycles. The van der Waals surface area contributed by atoms with Crippen molar-refractivity contribution in [3.63, 3.8) is 0 Å². The molecule has 37 heavy (non-hydrogen) atoms. The topological polar surface area (TPSA) is 65.0 Å². The van der Waals surface area contributed by atoms with E-state index in [1.54, 1.807) is 23.9 Å². The summed E-state index contributed by atoms with van der Waals surface area (Å²) in [6.07, 6.45) is -7.53. The van der Waals surface area contributed by atoms with Gasteiger partial charge in [0.15, 0.2) is 11.5 Å². The molecule has 0 atom stereocenters. The Morgan fingerprint density at radius 3 is 2.00 bits per heavy atom. The van der Waals surface area contributed by atoms with Crippen LogP contribution in [0.15, 0.2) is 24.3 Å². The Balaban J connectivity index is 0.00000481. The summed E-state index contributed by atoms with van der Waals surface area (Å²) in [4.78, 5) is 16.2. The van der Waals surface area contributed by atoms with E-state index in [4.69, 9.17) is 4.74 Å². The normalized spacial score (nSPS) is 14.4. The van der Waals surface area contributed by atoms with Gasteiger partial charge in [0.25, 0.3) is 0 Å². The van der Waals surface area contributed by atoms with E-state index in [1.807, 2.05) is 0 Å². The molecule has 1 aliphatic heterocycles. The Labute approximate surface area is 216 Å². The number of hydrogen-bond donors (Lipinski definition) is 2. The largest absolute Gasteiger partial charge is 0.504 e. The number of halogens is 7. The zero-order valence-electron chi connectivity index (χ0n) is 20.4. The summed E-state index contributed by atoms with van der Waals surface area (Å²) >= 11 is 0. The lowest BCUT2D eigenvalue weighted by Crippen LogP contribution is -2.39. The zero-order chi connectivity index (χ0) is 26.8. The number of benzene rings is 2. The van der Waals surface area contributed by atoms with Crippen molar-refractivity contribution in [2.45, 2.75) is 38.2 Å². The van der Waals surface area contributed by atoms with Gasteiger partial charge in [-0.25, -0.2) is 4.79 Å². The molecule has 6 nitrogen and oxygen atoms in total. The fourth-order valence-corrected chi connectivity index (χ4v) is 4.11. The maximum Gasteiger partial charge on any atom is 0.416 e. The lowest BCUT2D eigenvalue weighted by molar-refractivity contribution is -0.143. The molecule has 0 saturated carbocycles. The number of carbonyl (C=O) groups excluding carboxylic acids is 1. The van der Waals surface area contributed by atoms with Crippen molar-refractivity contribution < 1.29 is 41.0 Å². The number of phenolic OH excluding ortho intramolecular Hbond substituents is 1. The lowest BCUT2D eigenvalue weighted by atomic mass is 9.95. The number of piperidine rings is 1. The van der Waals surface area contributed by atoms with Crippen molar-refractivity contribution in [3.8, 4) is 22.6 Å². The van der Waals surface area contributed by atoms with E-state index in [0.717, 1.165) is 19.3 Å². The van der Waals surface area contributed by atoms with Gasteiger partial charge in [0.05, 0.1) is 23.9 Å². The van der Waals surface area contributed by atoms with E-state index in [2.05, 4.69) is 5.32 Å². The summed E-state index contributed by atoms with van der Waals surface area (Å²) < 4.78 is 86.0. The summed E-state index contributed by atoms with van der Waals surface area (Å²) in [5.41, 5.74) is -3.51. The standard InChI is InChI=1S/C24H27F6N3O3.ClH/c1-32(2)13-18-19(31-22(35)33-7-5-4-6-8-33)12-17(20(34)21(18)36-3)14-9-15(23(25,26)27)11-16(10-14)24(28,29)30;/h9-12,34H,4-8,13H2,1-3H3,(H,31,35);1H.